The molecule has 0 bridgehead atoms. The molecule has 3 rings (SSSR count). The summed E-state index contributed by atoms with van der Waals surface area (Å²) < 4.78 is 2.12. The van der Waals surface area contributed by atoms with E-state index >= 15 is 0 Å². The van der Waals surface area contributed by atoms with Crippen molar-refractivity contribution in [3.8, 4) is 11.8 Å². The van der Waals surface area contributed by atoms with Crippen LogP contribution in [0.2, 0.25) is 0 Å². The van der Waals surface area contributed by atoms with Gasteiger partial charge in [0.25, 0.3) is 0 Å². The van der Waals surface area contributed by atoms with Gasteiger partial charge in [-0.15, -0.1) is 0 Å². The van der Waals surface area contributed by atoms with Gasteiger partial charge in [0.05, 0.1) is 11.1 Å². The van der Waals surface area contributed by atoms with Gasteiger partial charge in [0.1, 0.15) is 17.4 Å². The summed E-state index contributed by atoms with van der Waals surface area (Å²) in [6.45, 7) is 2.08. The van der Waals surface area contributed by atoms with Gasteiger partial charge in [-0.1, -0.05) is 31.2 Å². The summed E-state index contributed by atoms with van der Waals surface area (Å²) in [4.78, 5) is 4.62. The van der Waals surface area contributed by atoms with E-state index in [0.717, 1.165) is 29.0 Å². The summed E-state index contributed by atoms with van der Waals surface area (Å²) in [5, 5.41) is 9.18. The van der Waals surface area contributed by atoms with Gasteiger partial charge in [-0.25, -0.2) is 4.98 Å². The molecule has 2 aromatic carbocycles. The minimum Gasteiger partial charge on any atom is -0.296 e. The zero-order valence-corrected chi connectivity index (χ0v) is 10.7. The van der Waals surface area contributed by atoms with Crippen molar-refractivity contribution < 1.29 is 0 Å². The Bertz CT molecular complexity index is 764. The van der Waals surface area contributed by atoms with Gasteiger partial charge < -0.3 is 0 Å². The van der Waals surface area contributed by atoms with Crippen LogP contribution >= 0.6 is 0 Å². The first-order valence-electron chi connectivity index (χ1n) is 6.31. The minimum absolute atomic E-state index is 0.627. The predicted octanol–water partition coefficient (Wildman–Crippen LogP) is 3.46. The van der Waals surface area contributed by atoms with Crippen molar-refractivity contribution >= 4 is 11.0 Å². The normalized spacial score (nSPS) is 10.5. The average molecular weight is 247 g/mol. The maximum atomic E-state index is 9.18. The quantitative estimate of drug-likeness (QED) is 0.696. The molecule has 0 fully saturated rings. The van der Waals surface area contributed by atoms with E-state index in [2.05, 4.69) is 34.7 Å². The fraction of sp³-hybridized carbons (Fsp3) is 0.125. The number of fused-ring (bicyclic) bond motifs is 1. The largest absolute Gasteiger partial charge is 0.296 e. The fourth-order valence-corrected chi connectivity index (χ4v) is 2.34. The van der Waals surface area contributed by atoms with Crippen LogP contribution in [0, 0.1) is 11.3 Å². The zero-order chi connectivity index (χ0) is 13.2. The highest BCUT2D eigenvalue weighted by Gasteiger charge is 2.13. The van der Waals surface area contributed by atoms with Gasteiger partial charge >= 0.3 is 0 Å². The fourth-order valence-electron chi connectivity index (χ4n) is 2.34. The second-order valence-corrected chi connectivity index (χ2v) is 4.34. The van der Waals surface area contributed by atoms with Gasteiger partial charge in [0.2, 0.25) is 0 Å². The number of hydrogen-bond donors (Lipinski definition) is 0. The van der Waals surface area contributed by atoms with E-state index in [1.165, 1.54) is 0 Å². The number of imidazole rings is 1. The number of nitriles is 1. The van der Waals surface area contributed by atoms with Gasteiger partial charge in [-0.3, -0.25) is 4.57 Å². The molecule has 0 aliphatic carbocycles. The third kappa shape index (κ3) is 1.78. The molecule has 0 unspecified atom stereocenters. The summed E-state index contributed by atoms with van der Waals surface area (Å²) in [6.07, 6.45) is 0.828. The van der Waals surface area contributed by atoms with Crippen LogP contribution in [-0.4, -0.2) is 9.55 Å². The van der Waals surface area contributed by atoms with Crippen LogP contribution in [0.1, 0.15) is 18.3 Å². The van der Waals surface area contributed by atoms with Crippen LogP contribution in [-0.2, 0) is 6.42 Å². The van der Waals surface area contributed by atoms with Crippen molar-refractivity contribution in [2.75, 3.05) is 0 Å². The Balaban J connectivity index is 2.38. The number of rotatable bonds is 2. The molecule has 0 aliphatic heterocycles. The molecule has 0 radical (unpaired) electrons. The highest BCUT2D eigenvalue weighted by Crippen LogP contribution is 2.24. The lowest BCUT2D eigenvalue weighted by Crippen LogP contribution is -1.99. The van der Waals surface area contributed by atoms with Crippen molar-refractivity contribution in [1.29, 1.82) is 5.26 Å². The van der Waals surface area contributed by atoms with Crippen LogP contribution in [0.4, 0.5) is 0 Å². The Morgan fingerprint density at radius 1 is 1.11 bits per heavy atom. The lowest BCUT2D eigenvalue weighted by Gasteiger charge is -2.07. The summed E-state index contributed by atoms with van der Waals surface area (Å²) in [5.74, 6) is 0.976. The highest BCUT2D eigenvalue weighted by molar-refractivity contribution is 5.83. The lowest BCUT2D eigenvalue weighted by atomic mass is 10.2. The molecule has 0 atom stereocenters. The van der Waals surface area contributed by atoms with Gasteiger partial charge in [0, 0.05) is 12.1 Å². The third-order valence-electron chi connectivity index (χ3n) is 3.21. The molecule has 92 valence electrons. The number of nitrogens with zero attached hydrogens (tertiary/aromatic N) is 3. The molecule has 3 nitrogen and oxygen atoms in total. The molecule has 0 N–H and O–H groups in total. The van der Waals surface area contributed by atoms with E-state index in [-0.39, 0.29) is 0 Å². The number of aryl methyl sites for hydroxylation is 1. The van der Waals surface area contributed by atoms with E-state index in [1.807, 2.05) is 36.4 Å². The van der Waals surface area contributed by atoms with Crippen LogP contribution in [0.15, 0.2) is 48.5 Å². The Hall–Kier alpha value is -2.60. The van der Waals surface area contributed by atoms with E-state index in [4.69, 9.17) is 0 Å². The molecule has 19 heavy (non-hydrogen) atoms. The van der Waals surface area contributed by atoms with Crippen molar-refractivity contribution in [2.45, 2.75) is 13.3 Å². The van der Waals surface area contributed by atoms with Crippen LogP contribution in [0.3, 0.4) is 0 Å². The Kier molecular flexibility index (Phi) is 2.77. The summed E-state index contributed by atoms with van der Waals surface area (Å²) in [5.41, 5.74) is 3.48. The highest BCUT2D eigenvalue weighted by atomic mass is 15.1. The Morgan fingerprint density at radius 2 is 1.89 bits per heavy atom. The number of hydrogen-bond acceptors (Lipinski definition) is 2. The molecule has 0 aliphatic rings. The summed E-state index contributed by atoms with van der Waals surface area (Å²) in [7, 11) is 0. The lowest BCUT2D eigenvalue weighted by molar-refractivity contribution is 0.908. The number of para-hydroxylation sites is 2. The molecule has 0 spiro atoms. The molecular weight excluding hydrogens is 234 g/mol. The SMILES string of the molecule is CCc1nc2c(C#N)cccc2n1-c1ccccc1. The minimum atomic E-state index is 0.627. The van der Waals surface area contributed by atoms with E-state index in [1.54, 1.807) is 0 Å². The van der Waals surface area contributed by atoms with Crippen molar-refractivity contribution in [3.05, 3.63) is 59.9 Å². The molecule has 0 saturated carbocycles. The van der Waals surface area contributed by atoms with E-state index in [0.29, 0.717) is 5.56 Å². The van der Waals surface area contributed by atoms with Gasteiger partial charge in [0.15, 0.2) is 0 Å². The third-order valence-corrected chi connectivity index (χ3v) is 3.21. The average Bonchev–Trinajstić information content (AvgIpc) is 2.86. The van der Waals surface area contributed by atoms with Crippen LogP contribution < -0.4 is 0 Å². The number of benzene rings is 2. The van der Waals surface area contributed by atoms with E-state index < -0.39 is 0 Å². The maximum absolute atomic E-state index is 9.18. The Labute approximate surface area is 111 Å². The first kappa shape index (κ1) is 11.5. The van der Waals surface area contributed by atoms with Crippen molar-refractivity contribution in [1.82, 2.24) is 9.55 Å². The zero-order valence-electron chi connectivity index (χ0n) is 10.7. The van der Waals surface area contributed by atoms with Crippen molar-refractivity contribution in [3.63, 3.8) is 0 Å². The Morgan fingerprint density at radius 3 is 2.58 bits per heavy atom. The maximum Gasteiger partial charge on any atom is 0.114 e. The standard InChI is InChI=1S/C16H13N3/c1-2-15-18-16-12(11-17)7-6-10-14(16)19(15)13-8-4-3-5-9-13/h3-10H,2H2,1H3. The molecular formula is C16H13N3. The molecule has 3 aromatic rings. The van der Waals surface area contributed by atoms with Gasteiger partial charge in [-0.2, -0.15) is 5.26 Å². The van der Waals surface area contributed by atoms with Gasteiger partial charge in [-0.05, 0) is 24.3 Å². The van der Waals surface area contributed by atoms with Crippen LogP contribution in [0.25, 0.3) is 16.7 Å². The van der Waals surface area contributed by atoms with Crippen LogP contribution in [0.5, 0.6) is 0 Å². The molecule has 1 heterocycles. The monoisotopic (exact) mass is 247 g/mol. The van der Waals surface area contributed by atoms with Crippen molar-refractivity contribution in [2.24, 2.45) is 0 Å². The summed E-state index contributed by atoms with van der Waals surface area (Å²) in [6, 6.07) is 18.1. The predicted molar refractivity (Wildman–Crippen MR) is 75.2 cm³/mol. The molecule has 0 saturated heterocycles. The topological polar surface area (TPSA) is 41.6 Å². The second kappa shape index (κ2) is 4.58. The number of aromatic nitrogens is 2. The first-order valence-corrected chi connectivity index (χ1v) is 6.31. The molecule has 3 heteroatoms. The smallest absolute Gasteiger partial charge is 0.114 e. The second-order valence-electron chi connectivity index (χ2n) is 4.34. The van der Waals surface area contributed by atoms with E-state index in [9.17, 15) is 5.26 Å². The molecule has 1 aromatic heterocycles. The molecule has 0 amide bonds. The summed E-state index contributed by atoms with van der Waals surface area (Å²) >= 11 is 0. The first-order chi connectivity index (χ1) is 9.35.